The van der Waals surface area contributed by atoms with Gasteiger partial charge >= 0.3 is 0 Å². The summed E-state index contributed by atoms with van der Waals surface area (Å²) >= 11 is 1.75. The van der Waals surface area contributed by atoms with E-state index < -0.39 is 0 Å². The summed E-state index contributed by atoms with van der Waals surface area (Å²) in [6, 6.07) is 6.66. The second-order valence-corrected chi connectivity index (χ2v) is 6.48. The molecule has 0 radical (unpaired) electrons. The summed E-state index contributed by atoms with van der Waals surface area (Å²) in [5, 5.41) is 6.67. The standard InChI is InChI=1S/C16H24FN3S/c1-18-16(20-11-9-13-3-4-13)19-10-2-12-21-15-7-5-14(17)6-8-15/h5-8,13H,2-4,9-12H2,1H3,(H2,18,19,20). The summed E-state index contributed by atoms with van der Waals surface area (Å²) in [5.41, 5.74) is 0. The second-order valence-electron chi connectivity index (χ2n) is 5.31. The molecule has 1 aliphatic carbocycles. The first kappa shape index (κ1) is 16.1. The van der Waals surface area contributed by atoms with E-state index in [0.29, 0.717) is 0 Å². The molecule has 5 heteroatoms. The van der Waals surface area contributed by atoms with Gasteiger partial charge in [-0.1, -0.05) is 12.8 Å². The molecule has 1 saturated carbocycles. The fourth-order valence-electron chi connectivity index (χ4n) is 2.02. The maximum Gasteiger partial charge on any atom is 0.190 e. The zero-order chi connectivity index (χ0) is 14.9. The molecule has 0 aliphatic heterocycles. The molecular formula is C16H24FN3S. The van der Waals surface area contributed by atoms with Gasteiger partial charge in [0.15, 0.2) is 5.96 Å². The predicted octanol–water partition coefficient (Wildman–Crippen LogP) is 3.27. The van der Waals surface area contributed by atoms with Crippen LogP contribution in [0.1, 0.15) is 25.7 Å². The van der Waals surface area contributed by atoms with Crippen molar-refractivity contribution >= 4 is 17.7 Å². The molecule has 0 heterocycles. The van der Waals surface area contributed by atoms with Crippen LogP contribution in [0.15, 0.2) is 34.2 Å². The van der Waals surface area contributed by atoms with Gasteiger partial charge in [-0.15, -0.1) is 11.8 Å². The van der Waals surface area contributed by atoms with E-state index >= 15 is 0 Å². The van der Waals surface area contributed by atoms with Crippen molar-refractivity contribution in [2.75, 3.05) is 25.9 Å². The monoisotopic (exact) mass is 309 g/mol. The third-order valence-corrected chi connectivity index (χ3v) is 4.56. The maximum atomic E-state index is 12.8. The SMILES string of the molecule is CN=C(NCCCSc1ccc(F)cc1)NCCC1CC1. The van der Waals surface area contributed by atoms with Gasteiger partial charge in [-0.3, -0.25) is 4.99 Å². The molecule has 1 aliphatic rings. The highest BCUT2D eigenvalue weighted by molar-refractivity contribution is 7.99. The Morgan fingerprint density at radius 2 is 1.95 bits per heavy atom. The minimum Gasteiger partial charge on any atom is -0.356 e. The summed E-state index contributed by atoms with van der Waals surface area (Å²) < 4.78 is 12.8. The van der Waals surface area contributed by atoms with Gasteiger partial charge in [0.1, 0.15) is 5.82 Å². The van der Waals surface area contributed by atoms with Gasteiger partial charge in [0, 0.05) is 25.0 Å². The zero-order valence-corrected chi connectivity index (χ0v) is 13.4. The summed E-state index contributed by atoms with van der Waals surface area (Å²) in [7, 11) is 1.81. The number of hydrogen-bond acceptors (Lipinski definition) is 2. The summed E-state index contributed by atoms with van der Waals surface area (Å²) in [6.07, 6.45) is 5.09. The molecule has 0 aromatic heterocycles. The molecule has 116 valence electrons. The van der Waals surface area contributed by atoms with Gasteiger partial charge in [0.25, 0.3) is 0 Å². The van der Waals surface area contributed by atoms with Crippen molar-refractivity contribution in [3.8, 4) is 0 Å². The number of hydrogen-bond donors (Lipinski definition) is 2. The fraction of sp³-hybridized carbons (Fsp3) is 0.562. The van der Waals surface area contributed by atoms with Gasteiger partial charge in [-0.25, -0.2) is 4.39 Å². The molecule has 1 aromatic carbocycles. The Bertz CT molecular complexity index is 443. The van der Waals surface area contributed by atoms with Crippen LogP contribution in [0.5, 0.6) is 0 Å². The van der Waals surface area contributed by atoms with Gasteiger partial charge in [0.2, 0.25) is 0 Å². The quantitative estimate of drug-likeness (QED) is 0.335. The van der Waals surface area contributed by atoms with Gasteiger partial charge in [0.05, 0.1) is 0 Å². The molecule has 2 N–H and O–H groups in total. The van der Waals surface area contributed by atoms with E-state index in [1.54, 1.807) is 18.8 Å². The third-order valence-electron chi connectivity index (χ3n) is 3.46. The topological polar surface area (TPSA) is 36.4 Å². The van der Waals surface area contributed by atoms with Crippen molar-refractivity contribution < 1.29 is 4.39 Å². The number of aliphatic imine (C=N–C) groups is 1. The van der Waals surface area contributed by atoms with E-state index in [9.17, 15) is 4.39 Å². The number of thioether (sulfide) groups is 1. The van der Waals surface area contributed by atoms with Gasteiger partial charge in [-0.05, 0) is 48.8 Å². The lowest BCUT2D eigenvalue weighted by molar-refractivity contribution is 0.626. The molecule has 0 spiro atoms. The Hall–Kier alpha value is -1.23. The molecule has 0 unspecified atom stereocenters. The van der Waals surface area contributed by atoms with Crippen LogP contribution >= 0.6 is 11.8 Å². The Morgan fingerprint density at radius 3 is 2.62 bits per heavy atom. The minimum atomic E-state index is -0.179. The maximum absolute atomic E-state index is 12.8. The average molecular weight is 309 g/mol. The molecular weight excluding hydrogens is 285 g/mol. The van der Waals surface area contributed by atoms with Crippen LogP contribution in [0, 0.1) is 11.7 Å². The van der Waals surface area contributed by atoms with Gasteiger partial charge < -0.3 is 10.6 Å². The number of nitrogens with one attached hydrogen (secondary N) is 2. The molecule has 0 atom stereocenters. The summed E-state index contributed by atoms with van der Waals surface area (Å²) in [5.74, 6) is 2.67. The average Bonchev–Trinajstić information content (AvgIpc) is 3.31. The highest BCUT2D eigenvalue weighted by atomic mass is 32.2. The molecule has 0 amide bonds. The first-order valence-corrected chi connectivity index (χ1v) is 8.59. The molecule has 1 fully saturated rings. The van der Waals surface area contributed by atoms with Crippen molar-refractivity contribution in [1.29, 1.82) is 0 Å². The highest BCUT2D eigenvalue weighted by Gasteiger charge is 2.20. The first-order chi connectivity index (χ1) is 10.3. The smallest absolute Gasteiger partial charge is 0.190 e. The minimum absolute atomic E-state index is 0.179. The van der Waals surface area contributed by atoms with E-state index in [-0.39, 0.29) is 5.82 Å². The molecule has 2 rings (SSSR count). The third kappa shape index (κ3) is 6.85. The van der Waals surface area contributed by atoms with Crippen LogP contribution in [0.3, 0.4) is 0 Å². The van der Waals surface area contributed by atoms with E-state index in [1.165, 1.54) is 31.4 Å². The molecule has 21 heavy (non-hydrogen) atoms. The molecule has 3 nitrogen and oxygen atoms in total. The Balaban J connectivity index is 1.52. The predicted molar refractivity (Wildman–Crippen MR) is 88.4 cm³/mol. The van der Waals surface area contributed by atoms with Crippen molar-refractivity contribution in [2.24, 2.45) is 10.9 Å². The summed E-state index contributed by atoms with van der Waals surface area (Å²) in [6.45, 7) is 1.91. The zero-order valence-electron chi connectivity index (χ0n) is 12.6. The molecule has 0 bridgehead atoms. The van der Waals surface area contributed by atoms with Crippen molar-refractivity contribution in [1.82, 2.24) is 10.6 Å². The largest absolute Gasteiger partial charge is 0.356 e. The Morgan fingerprint density at radius 1 is 1.24 bits per heavy atom. The molecule has 0 saturated heterocycles. The Labute approximate surface area is 130 Å². The highest BCUT2D eigenvalue weighted by Crippen LogP contribution is 2.31. The van der Waals surface area contributed by atoms with E-state index in [2.05, 4.69) is 15.6 Å². The summed E-state index contributed by atoms with van der Waals surface area (Å²) in [4.78, 5) is 5.33. The lowest BCUT2D eigenvalue weighted by Gasteiger charge is -2.11. The molecule has 1 aromatic rings. The van der Waals surface area contributed by atoms with Crippen LogP contribution < -0.4 is 10.6 Å². The van der Waals surface area contributed by atoms with Crippen LogP contribution in [0.2, 0.25) is 0 Å². The number of rotatable bonds is 8. The number of halogens is 1. The lowest BCUT2D eigenvalue weighted by atomic mass is 10.3. The van der Waals surface area contributed by atoms with Crippen LogP contribution in [0.25, 0.3) is 0 Å². The Kier molecular flexibility index (Phi) is 6.86. The van der Waals surface area contributed by atoms with E-state index in [0.717, 1.165) is 42.0 Å². The van der Waals surface area contributed by atoms with E-state index in [4.69, 9.17) is 0 Å². The number of benzene rings is 1. The van der Waals surface area contributed by atoms with E-state index in [1.807, 2.05) is 12.1 Å². The lowest BCUT2D eigenvalue weighted by Crippen LogP contribution is -2.38. The second kappa shape index (κ2) is 8.93. The van der Waals surface area contributed by atoms with Crippen molar-refractivity contribution in [3.63, 3.8) is 0 Å². The van der Waals surface area contributed by atoms with Crippen LogP contribution in [-0.4, -0.2) is 31.8 Å². The number of guanidine groups is 1. The number of nitrogens with zero attached hydrogens (tertiary/aromatic N) is 1. The van der Waals surface area contributed by atoms with Gasteiger partial charge in [-0.2, -0.15) is 0 Å². The normalized spacial score (nSPS) is 15.0. The van der Waals surface area contributed by atoms with Crippen molar-refractivity contribution in [3.05, 3.63) is 30.1 Å². The first-order valence-electron chi connectivity index (χ1n) is 7.61. The van der Waals surface area contributed by atoms with Crippen molar-refractivity contribution in [2.45, 2.75) is 30.6 Å². The van der Waals surface area contributed by atoms with Crippen LogP contribution in [0.4, 0.5) is 4.39 Å². The van der Waals surface area contributed by atoms with Crippen LogP contribution in [-0.2, 0) is 0 Å². The fourth-order valence-corrected chi connectivity index (χ4v) is 2.87.